The lowest BCUT2D eigenvalue weighted by Crippen LogP contribution is -2.00. The van der Waals surface area contributed by atoms with Gasteiger partial charge in [0.1, 0.15) is 9.71 Å². The first-order valence-corrected chi connectivity index (χ1v) is 6.57. The van der Waals surface area contributed by atoms with Crippen LogP contribution >= 0.6 is 11.3 Å². The molecule has 0 radical (unpaired) electrons. The molecule has 4 nitrogen and oxygen atoms in total. The number of hydrogen-bond acceptors (Lipinski definition) is 3. The summed E-state index contributed by atoms with van der Waals surface area (Å²) < 4.78 is 1.89. The summed E-state index contributed by atoms with van der Waals surface area (Å²) in [6, 6.07) is 1.75. The summed E-state index contributed by atoms with van der Waals surface area (Å²) in [5.74, 6) is -0.337. The number of aryl methyl sites for hydroxylation is 1. The van der Waals surface area contributed by atoms with Crippen LogP contribution in [0.25, 0.3) is 10.2 Å². The van der Waals surface area contributed by atoms with E-state index in [1.807, 2.05) is 11.6 Å². The summed E-state index contributed by atoms with van der Waals surface area (Å²) in [5, 5.41) is 14.6. The maximum Gasteiger partial charge on any atom is 0.345 e. The summed E-state index contributed by atoms with van der Waals surface area (Å²) in [6.07, 6.45) is 0.888. The number of carboxylic acid groups (broad SMARTS) is 1. The zero-order valence-corrected chi connectivity index (χ0v) is 11.0. The van der Waals surface area contributed by atoms with E-state index >= 15 is 0 Å². The monoisotopic (exact) mass is 252 g/mol. The van der Waals surface area contributed by atoms with Crippen molar-refractivity contribution >= 4 is 27.5 Å². The molecule has 0 saturated carbocycles. The van der Waals surface area contributed by atoms with Gasteiger partial charge in [0.15, 0.2) is 0 Å². The fourth-order valence-corrected chi connectivity index (χ4v) is 2.92. The number of nitrogens with zero attached hydrogens (tertiary/aromatic N) is 2. The molecule has 0 atom stereocenters. The van der Waals surface area contributed by atoms with Crippen molar-refractivity contribution in [3.05, 3.63) is 16.6 Å². The molecule has 2 rings (SSSR count). The molecular formula is C12H16N2O2S. The average molecular weight is 252 g/mol. The molecule has 0 bridgehead atoms. The fourth-order valence-electron chi connectivity index (χ4n) is 1.88. The number of fused-ring (bicyclic) bond motifs is 1. The number of aromatic nitrogens is 2. The molecule has 0 amide bonds. The Kier molecular flexibility index (Phi) is 3.19. The molecule has 17 heavy (non-hydrogen) atoms. The molecule has 0 saturated heterocycles. The Labute approximate surface area is 104 Å². The van der Waals surface area contributed by atoms with Crippen molar-refractivity contribution in [2.45, 2.75) is 33.7 Å². The SMILES string of the molecule is CCn1nc(CC(C)C)c2cc(C(=O)O)sc21. The van der Waals surface area contributed by atoms with Gasteiger partial charge in [0.2, 0.25) is 0 Å². The van der Waals surface area contributed by atoms with Crippen molar-refractivity contribution in [2.24, 2.45) is 5.92 Å². The summed E-state index contributed by atoms with van der Waals surface area (Å²) in [5.41, 5.74) is 1.01. The van der Waals surface area contributed by atoms with E-state index in [2.05, 4.69) is 18.9 Å². The van der Waals surface area contributed by atoms with Crippen LogP contribution in [0.15, 0.2) is 6.07 Å². The summed E-state index contributed by atoms with van der Waals surface area (Å²) >= 11 is 1.31. The maximum absolute atomic E-state index is 11.0. The largest absolute Gasteiger partial charge is 0.477 e. The zero-order chi connectivity index (χ0) is 12.6. The van der Waals surface area contributed by atoms with Crippen molar-refractivity contribution in [3.8, 4) is 0 Å². The Hall–Kier alpha value is -1.36. The Bertz CT molecular complexity index is 554. The third-order valence-corrected chi connectivity index (χ3v) is 3.75. The molecule has 0 aliphatic rings. The van der Waals surface area contributed by atoms with Crippen LogP contribution in [0.5, 0.6) is 0 Å². The van der Waals surface area contributed by atoms with E-state index in [0.29, 0.717) is 10.8 Å². The van der Waals surface area contributed by atoms with Gasteiger partial charge in [-0.15, -0.1) is 11.3 Å². The Morgan fingerprint density at radius 2 is 2.29 bits per heavy atom. The molecule has 0 aliphatic heterocycles. The molecule has 2 aromatic heterocycles. The second-order valence-electron chi connectivity index (χ2n) is 4.50. The van der Waals surface area contributed by atoms with Crippen LogP contribution in [0.3, 0.4) is 0 Å². The van der Waals surface area contributed by atoms with Gasteiger partial charge in [-0.1, -0.05) is 13.8 Å². The lowest BCUT2D eigenvalue weighted by molar-refractivity contribution is 0.0702. The first kappa shape index (κ1) is 12.1. The van der Waals surface area contributed by atoms with Gasteiger partial charge in [-0.05, 0) is 25.3 Å². The summed E-state index contributed by atoms with van der Waals surface area (Å²) in [4.78, 5) is 12.3. The minimum absolute atomic E-state index is 0.393. The minimum Gasteiger partial charge on any atom is -0.477 e. The van der Waals surface area contributed by atoms with Crippen LogP contribution in [0, 0.1) is 5.92 Å². The molecule has 1 N–H and O–H groups in total. The molecule has 0 unspecified atom stereocenters. The molecular weight excluding hydrogens is 236 g/mol. The normalized spacial score (nSPS) is 11.5. The highest BCUT2D eigenvalue weighted by molar-refractivity contribution is 7.20. The molecule has 2 aromatic rings. The van der Waals surface area contributed by atoms with E-state index in [9.17, 15) is 4.79 Å². The first-order valence-electron chi connectivity index (χ1n) is 5.75. The second-order valence-corrected chi connectivity index (χ2v) is 5.53. The smallest absolute Gasteiger partial charge is 0.345 e. The van der Waals surface area contributed by atoms with E-state index in [1.165, 1.54) is 11.3 Å². The highest BCUT2D eigenvalue weighted by Gasteiger charge is 2.17. The van der Waals surface area contributed by atoms with Crippen LogP contribution in [0.2, 0.25) is 0 Å². The standard InChI is InChI=1S/C12H16N2O2S/c1-4-14-11-8(6-10(17-11)12(15)16)9(13-14)5-7(2)3/h6-7H,4-5H2,1-3H3,(H,15,16). The van der Waals surface area contributed by atoms with Crippen LogP contribution in [-0.4, -0.2) is 20.9 Å². The van der Waals surface area contributed by atoms with Crippen molar-refractivity contribution in [2.75, 3.05) is 0 Å². The van der Waals surface area contributed by atoms with Gasteiger partial charge in [0.05, 0.1) is 5.69 Å². The minimum atomic E-state index is -0.857. The number of rotatable bonds is 4. The summed E-state index contributed by atoms with van der Waals surface area (Å²) in [7, 11) is 0. The topological polar surface area (TPSA) is 55.1 Å². The summed E-state index contributed by atoms with van der Waals surface area (Å²) in [6.45, 7) is 7.07. The highest BCUT2D eigenvalue weighted by Crippen LogP contribution is 2.29. The van der Waals surface area contributed by atoms with E-state index < -0.39 is 5.97 Å². The van der Waals surface area contributed by atoms with Gasteiger partial charge in [-0.3, -0.25) is 4.68 Å². The van der Waals surface area contributed by atoms with Gasteiger partial charge in [-0.25, -0.2) is 4.79 Å². The zero-order valence-electron chi connectivity index (χ0n) is 10.2. The Morgan fingerprint density at radius 3 is 2.82 bits per heavy atom. The van der Waals surface area contributed by atoms with E-state index in [4.69, 9.17) is 5.11 Å². The lowest BCUT2D eigenvalue weighted by Gasteiger charge is -2.00. The fraction of sp³-hybridized carbons (Fsp3) is 0.500. The van der Waals surface area contributed by atoms with Gasteiger partial charge in [0.25, 0.3) is 0 Å². The van der Waals surface area contributed by atoms with E-state index in [-0.39, 0.29) is 0 Å². The predicted molar refractivity (Wildman–Crippen MR) is 68.8 cm³/mol. The molecule has 0 aromatic carbocycles. The Morgan fingerprint density at radius 1 is 1.59 bits per heavy atom. The molecule has 0 fully saturated rings. The van der Waals surface area contributed by atoms with Crippen LogP contribution in [-0.2, 0) is 13.0 Å². The number of aromatic carboxylic acids is 1. The van der Waals surface area contributed by atoms with Crippen molar-refractivity contribution < 1.29 is 9.90 Å². The molecule has 2 heterocycles. The van der Waals surface area contributed by atoms with Gasteiger partial charge in [-0.2, -0.15) is 5.10 Å². The Balaban J connectivity index is 2.56. The van der Waals surface area contributed by atoms with E-state index in [1.54, 1.807) is 6.07 Å². The van der Waals surface area contributed by atoms with Crippen LogP contribution in [0.4, 0.5) is 0 Å². The van der Waals surface area contributed by atoms with Crippen molar-refractivity contribution in [1.29, 1.82) is 0 Å². The third-order valence-electron chi connectivity index (χ3n) is 2.61. The van der Waals surface area contributed by atoms with E-state index in [0.717, 1.165) is 28.9 Å². The van der Waals surface area contributed by atoms with Crippen LogP contribution < -0.4 is 0 Å². The number of carbonyl (C=O) groups is 1. The third kappa shape index (κ3) is 2.20. The maximum atomic E-state index is 11.0. The number of thiophene rings is 1. The van der Waals surface area contributed by atoms with Crippen molar-refractivity contribution in [3.63, 3.8) is 0 Å². The average Bonchev–Trinajstić information content (AvgIpc) is 2.78. The molecule has 0 aliphatic carbocycles. The first-order chi connectivity index (χ1) is 8.02. The molecule has 5 heteroatoms. The van der Waals surface area contributed by atoms with Crippen molar-refractivity contribution in [1.82, 2.24) is 9.78 Å². The molecule has 92 valence electrons. The van der Waals surface area contributed by atoms with Crippen LogP contribution in [0.1, 0.15) is 36.1 Å². The molecule has 0 spiro atoms. The lowest BCUT2D eigenvalue weighted by atomic mass is 10.1. The second kappa shape index (κ2) is 4.49. The van der Waals surface area contributed by atoms with Gasteiger partial charge >= 0.3 is 5.97 Å². The number of hydrogen-bond donors (Lipinski definition) is 1. The predicted octanol–water partition coefficient (Wildman–Crippen LogP) is 3.01. The quantitative estimate of drug-likeness (QED) is 0.910. The van der Waals surface area contributed by atoms with Gasteiger partial charge in [0, 0.05) is 11.9 Å². The highest BCUT2D eigenvalue weighted by atomic mass is 32.1. The van der Waals surface area contributed by atoms with Gasteiger partial charge < -0.3 is 5.11 Å². The number of carboxylic acids is 1.